The molecule has 2 fully saturated rings. The molecular weight excluding hydrogens is 366 g/mol. The van der Waals surface area contributed by atoms with Gasteiger partial charge in [-0.15, -0.1) is 0 Å². The summed E-state index contributed by atoms with van der Waals surface area (Å²) in [5.41, 5.74) is -0.668. The van der Waals surface area contributed by atoms with Crippen LogP contribution < -0.4 is 0 Å². The first-order valence-electron chi connectivity index (χ1n) is 8.52. The molecule has 0 radical (unpaired) electrons. The molecule has 2 saturated heterocycles. The van der Waals surface area contributed by atoms with Crippen molar-refractivity contribution >= 4 is 23.6 Å². The maximum atomic E-state index is 13.5. The Morgan fingerprint density at radius 3 is 2.19 bits per heavy atom. The van der Waals surface area contributed by atoms with E-state index in [1.54, 1.807) is 30.6 Å². The van der Waals surface area contributed by atoms with Crippen molar-refractivity contribution in [1.82, 2.24) is 9.80 Å². The van der Waals surface area contributed by atoms with Gasteiger partial charge in [0.1, 0.15) is 5.60 Å². The van der Waals surface area contributed by atoms with Crippen LogP contribution in [0.4, 0.5) is 13.6 Å². The zero-order valence-electron chi connectivity index (χ0n) is 14.9. The van der Waals surface area contributed by atoms with Crippen LogP contribution in [0.1, 0.15) is 44.0 Å². The minimum absolute atomic E-state index is 0.0734. The number of rotatable bonds is 1. The minimum atomic E-state index is -1.12. The normalized spacial score (nSPS) is 22.5. The van der Waals surface area contributed by atoms with E-state index in [2.05, 4.69) is 0 Å². The summed E-state index contributed by atoms with van der Waals surface area (Å²) in [6, 6.07) is 1.31. The van der Waals surface area contributed by atoms with Crippen molar-refractivity contribution in [2.75, 3.05) is 13.1 Å². The van der Waals surface area contributed by atoms with Crippen molar-refractivity contribution in [3.05, 3.63) is 34.4 Å². The Morgan fingerprint density at radius 1 is 1.12 bits per heavy atom. The van der Waals surface area contributed by atoms with Crippen molar-refractivity contribution in [3.63, 3.8) is 0 Å². The first-order chi connectivity index (χ1) is 12.1. The fourth-order valence-electron chi connectivity index (χ4n) is 3.54. The smallest absolute Gasteiger partial charge is 0.410 e. The second-order valence-corrected chi connectivity index (χ2v) is 8.14. The van der Waals surface area contributed by atoms with Crippen LogP contribution in [0.5, 0.6) is 0 Å². The topological polar surface area (TPSA) is 49.9 Å². The van der Waals surface area contributed by atoms with Crippen LogP contribution in [-0.4, -0.2) is 52.6 Å². The number of piperazine rings is 1. The number of nitrogens with zero attached hydrogens (tertiary/aromatic N) is 2. The van der Waals surface area contributed by atoms with Crippen LogP contribution >= 0.6 is 11.6 Å². The number of hydrogen-bond donors (Lipinski definition) is 0. The van der Waals surface area contributed by atoms with Gasteiger partial charge in [0.2, 0.25) is 0 Å². The molecule has 0 saturated carbocycles. The van der Waals surface area contributed by atoms with Gasteiger partial charge in [-0.2, -0.15) is 0 Å². The molecule has 2 bridgehead atoms. The molecule has 2 heterocycles. The molecule has 8 heteroatoms. The number of hydrogen-bond acceptors (Lipinski definition) is 3. The summed E-state index contributed by atoms with van der Waals surface area (Å²) in [5, 5.41) is -0.129. The summed E-state index contributed by atoms with van der Waals surface area (Å²) in [6.07, 6.45) is 1.14. The van der Waals surface area contributed by atoms with Gasteiger partial charge < -0.3 is 9.64 Å². The Hall–Kier alpha value is -1.89. The van der Waals surface area contributed by atoms with E-state index in [0.29, 0.717) is 13.1 Å². The largest absolute Gasteiger partial charge is 0.444 e. The molecule has 1 aromatic carbocycles. The highest BCUT2D eigenvalue weighted by molar-refractivity contribution is 6.33. The summed E-state index contributed by atoms with van der Waals surface area (Å²) in [5.74, 6) is -2.68. The fraction of sp³-hybridized carbons (Fsp3) is 0.556. The van der Waals surface area contributed by atoms with Gasteiger partial charge in [0, 0.05) is 13.1 Å². The van der Waals surface area contributed by atoms with Crippen LogP contribution in [0.25, 0.3) is 0 Å². The second-order valence-electron chi connectivity index (χ2n) is 7.73. The molecule has 2 atom stereocenters. The predicted octanol–water partition coefficient (Wildman–Crippen LogP) is 3.84. The lowest BCUT2D eigenvalue weighted by molar-refractivity contribution is -0.00335. The Kier molecular flexibility index (Phi) is 4.86. The average Bonchev–Trinajstić information content (AvgIpc) is 2.79. The Balaban J connectivity index is 1.76. The van der Waals surface area contributed by atoms with E-state index in [1.165, 1.54) is 0 Å². The lowest BCUT2D eigenvalue weighted by atomic mass is 10.1. The second kappa shape index (κ2) is 6.68. The summed E-state index contributed by atoms with van der Waals surface area (Å²) in [4.78, 5) is 28.4. The molecule has 1 aromatic rings. The summed E-state index contributed by atoms with van der Waals surface area (Å²) in [6.45, 7) is 6.03. The number of likely N-dealkylation sites (tertiary alicyclic amines) is 1. The van der Waals surface area contributed by atoms with E-state index < -0.39 is 23.1 Å². The molecule has 2 amide bonds. The molecule has 0 aromatic heterocycles. The SMILES string of the molecule is CC(C)(C)OC(=O)N1C2CCC1CN(C(=O)c1cc(F)c(F)cc1Cl)C2. The van der Waals surface area contributed by atoms with Crippen LogP contribution in [0.2, 0.25) is 5.02 Å². The Labute approximate surface area is 155 Å². The number of ether oxygens (including phenoxy) is 1. The minimum Gasteiger partial charge on any atom is -0.444 e. The Bertz CT molecular complexity index is 737. The molecule has 0 aliphatic carbocycles. The van der Waals surface area contributed by atoms with Crippen molar-refractivity contribution in [1.29, 1.82) is 0 Å². The van der Waals surface area contributed by atoms with Gasteiger partial charge in [0.05, 0.1) is 22.7 Å². The summed E-state index contributed by atoms with van der Waals surface area (Å²) < 4.78 is 32.2. The van der Waals surface area contributed by atoms with Crippen LogP contribution in [0.3, 0.4) is 0 Å². The van der Waals surface area contributed by atoms with Gasteiger partial charge in [0.15, 0.2) is 11.6 Å². The zero-order chi connectivity index (χ0) is 19.2. The molecular formula is C18H21ClF2N2O3. The summed E-state index contributed by atoms with van der Waals surface area (Å²) >= 11 is 5.92. The third-order valence-corrected chi connectivity index (χ3v) is 4.93. The molecule has 26 heavy (non-hydrogen) atoms. The highest BCUT2D eigenvalue weighted by Gasteiger charge is 2.45. The molecule has 2 unspecified atom stereocenters. The summed E-state index contributed by atoms with van der Waals surface area (Å²) in [7, 11) is 0. The van der Waals surface area contributed by atoms with E-state index in [0.717, 1.165) is 25.0 Å². The maximum Gasteiger partial charge on any atom is 0.410 e. The highest BCUT2D eigenvalue weighted by atomic mass is 35.5. The third kappa shape index (κ3) is 3.63. The molecule has 0 spiro atoms. The Morgan fingerprint density at radius 2 is 1.65 bits per heavy atom. The van der Waals surface area contributed by atoms with Gasteiger partial charge in [-0.25, -0.2) is 13.6 Å². The monoisotopic (exact) mass is 386 g/mol. The number of amides is 2. The van der Waals surface area contributed by atoms with Crippen LogP contribution in [0, 0.1) is 11.6 Å². The van der Waals surface area contributed by atoms with Gasteiger partial charge in [-0.3, -0.25) is 9.69 Å². The molecule has 2 aliphatic rings. The third-order valence-electron chi connectivity index (χ3n) is 4.61. The first-order valence-corrected chi connectivity index (χ1v) is 8.90. The van der Waals surface area contributed by atoms with E-state index in [4.69, 9.17) is 16.3 Å². The van der Waals surface area contributed by atoms with Crippen molar-refractivity contribution in [2.24, 2.45) is 0 Å². The lowest BCUT2D eigenvalue weighted by Crippen LogP contribution is -2.57. The highest BCUT2D eigenvalue weighted by Crippen LogP contribution is 2.33. The number of carbonyl (C=O) groups excluding carboxylic acids is 2. The van der Waals surface area contributed by atoms with E-state index in [9.17, 15) is 18.4 Å². The fourth-order valence-corrected chi connectivity index (χ4v) is 3.77. The average molecular weight is 387 g/mol. The molecule has 5 nitrogen and oxygen atoms in total. The van der Waals surface area contributed by atoms with E-state index in [1.807, 2.05) is 0 Å². The van der Waals surface area contributed by atoms with Gasteiger partial charge in [0.25, 0.3) is 5.91 Å². The molecule has 3 rings (SSSR count). The maximum absolute atomic E-state index is 13.5. The number of halogens is 3. The van der Waals surface area contributed by atoms with Crippen molar-refractivity contribution in [3.8, 4) is 0 Å². The first kappa shape index (κ1) is 18.9. The molecule has 142 valence electrons. The number of carbonyl (C=O) groups is 2. The quantitative estimate of drug-likeness (QED) is 0.689. The molecule has 2 aliphatic heterocycles. The van der Waals surface area contributed by atoms with Gasteiger partial charge >= 0.3 is 6.09 Å². The zero-order valence-corrected chi connectivity index (χ0v) is 15.6. The van der Waals surface area contributed by atoms with Gasteiger partial charge in [-0.1, -0.05) is 11.6 Å². The number of benzene rings is 1. The number of fused-ring (bicyclic) bond motifs is 2. The standard InChI is InChI=1S/C18H21ClF2N2O3/c1-18(2,3)26-17(25)23-10-4-5-11(23)9-22(8-10)16(24)12-6-14(20)15(21)7-13(12)19/h6-7,10-11H,4-5,8-9H2,1-3H3. The lowest BCUT2D eigenvalue weighted by Gasteiger charge is -2.41. The van der Waals surface area contributed by atoms with Crippen molar-refractivity contribution in [2.45, 2.75) is 51.3 Å². The van der Waals surface area contributed by atoms with Crippen LogP contribution in [-0.2, 0) is 4.74 Å². The predicted molar refractivity (Wildman–Crippen MR) is 92.2 cm³/mol. The van der Waals surface area contributed by atoms with Gasteiger partial charge in [-0.05, 0) is 45.7 Å². The van der Waals surface area contributed by atoms with E-state index >= 15 is 0 Å². The van der Waals surface area contributed by atoms with E-state index in [-0.39, 0.29) is 28.8 Å². The van der Waals surface area contributed by atoms with Crippen LogP contribution in [0.15, 0.2) is 12.1 Å². The van der Waals surface area contributed by atoms with Crippen molar-refractivity contribution < 1.29 is 23.1 Å². The molecule has 0 N–H and O–H groups in total.